The lowest BCUT2D eigenvalue weighted by molar-refractivity contribution is -0.0695. The van der Waals surface area contributed by atoms with Crippen molar-refractivity contribution in [2.24, 2.45) is 5.92 Å². The Morgan fingerprint density at radius 3 is 2.20 bits per heavy atom. The Labute approximate surface area is 63.2 Å². The molecule has 2 heteroatoms. The van der Waals surface area contributed by atoms with Gasteiger partial charge in [0, 0.05) is 0 Å². The van der Waals surface area contributed by atoms with Gasteiger partial charge >= 0.3 is 0 Å². The maximum atomic E-state index is 10.1. The third kappa shape index (κ3) is 3.18. The number of rotatable bonds is 4. The van der Waals surface area contributed by atoms with E-state index in [1.54, 1.807) is 0 Å². The molecule has 0 rings (SSSR count). The van der Waals surface area contributed by atoms with Crippen LogP contribution < -0.4 is 0 Å². The maximum absolute atomic E-state index is 10.1. The van der Waals surface area contributed by atoms with Gasteiger partial charge in [-0.15, -0.1) is 0 Å². The average molecular weight is 145 g/mol. The van der Waals surface area contributed by atoms with Crippen LogP contribution in [0.15, 0.2) is 0 Å². The molecule has 0 spiro atoms. The first-order valence-electron chi connectivity index (χ1n) is 3.72. The molecule has 0 saturated carbocycles. The van der Waals surface area contributed by atoms with Crippen LogP contribution in [0.2, 0.25) is 0 Å². The van der Waals surface area contributed by atoms with Gasteiger partial charge < -0.3 is 4.74 Å². The molecule has 0 amide bonds. The summed E-state index contributed by atoms with van der Waals surface area (Å²) in [6.07, 6.45) is 0. The Hall–Kier alpha value is -0.0800. The summed E-state index contributed by atoms with van der Waals surface area (Å²) in [6, 6.07) is 0. The second kappa shape index (κ2) is 3.94. The minimum Gasteiger partial charge on any atom is -0.373 e. The summed E-state index contributed by atoms with van der Waals surface area (Å²) in [6.45, 7) is 8.37. The van der Waals surface area contributed by atoms with Crippen molar-refractivity contribution >= 4 is 0 Å². The lowest BCUT2D eigenvalue weighted by atomic mass is 9.95. The minimum atomic E-state index is -0.148. The van der Waals surface area contributed by atoms with Crippen molar-refractivity contribution in [2.45, 2.75) is 33.3 Å². The predicted octanol–water partition coefficient (Wildman–Crippen LogP) is 1.87. The van der Waals surface area contributed by atoms with Crippen LogP contribution in [0.3, 0.4) is 0 Å². The highest BCUT2D eigenvalue weighted by Crippen LogP contribution is 2.19. The third-order valence-electron chi connectivity index (χ3n) is 1.95. The van der Waals surface area contributed by atoms with Crippen molar-refractivity contribution in [1.82, 2.24) is 0 Å². The van der Waals surface area contributed by atoms with Crippen LogP contribution in [0, 0.1) is 5.92 Å². The molecule has 0 saturated heterocycles. The molecule has 0 aromatic rings. The molecular formula is C8H17O2. The largest absolute Gasteiger partial charge is 0.373 e. The molecule has 0 bridgehead atoms. The quantitative estimate of drug-likeness (QED) is 0.593. The Morgan fingerprint density at radius 1 is 1.40 bits per heavy atom. The highest BCUT2D eigenvalue weighted by molar-refractivity contribution is 4.71. The summed E-state index contributed by atoms with van der Waals surface area (Å²) in [4.78, 5) is 0. The van der Waals surface area contributed by atoms with Crippen LogP contribution in [-0.2, 0) is 9.84 Å². The van der Waals surface area contributed by atoms with Crippen LogP contribution in [0.4, 0.5) is 0 Å². The highest BCUT2D eigenvalue weighted by atomic mass is 16.5. The monoisotopic (exact) mass is 145 g/mol. The molecule has 2 nitrogen and oxygen atoms in total. The van der Waals surface area contributed by atoms with E-state index in [9.17, 15) is 5.11 Å². The van der Waals surface area contributed by atoms with E-state index >= 15 is 0 Å². The first kappa shape index (κ1) is 9.92. The fourth-order valence-electron chi connectivity index (χ4n) is 0.471. The molecule has 0 aromatic carbocycles. The zero-order valence-corrected chi connectivity index (χ0v) is 7.31. The van der Waals surface area contributed by atoms with Crippen LogP contribution in [0.1, 0.15) is 27.7 Å². The van der Waals surface area contributed by atoms with Crippen LogP contribution in [-0.4, -0.2) is 18.8 Å². The van der Waals surface area contributed by atoms with E-state index < -0.39 is 0 Å². The van der Waals surface area contributed by atoms with E-state index in [0.717, 1.165) is 0 Å². The molecule has 10 heavy (non-hydrogen) atoms. The highest BCUT2D eigenvalue weighted by Gasteiger charge is 2.22. The van der Waals surface area contributed by atoms with E-state index in [4.69, 9.17) is 4.74 Å². The molecule has 0 aromatic heterocycles. The van der Waals surface area contributed by atoms with Gasteiger partial charge in [-0.05, 0) is 19.8 Å². The van der Waals surface area contributed by atoms with Gasteiger partial charge in [0.1, 0.15) is 6.61 Å². The van der Waals surface area contributed by atoms with E-state index in [1.807, 2.05) is 13.8 Å². The predicted molar refractivity (Wildman–Crippen MR) is 40.4 cm³/mol. The van der Waals surface area contributed by atoms with E-state index in [1.165, 1.54) is 0 Å². The van der Waals surface area contributed by atoms with Crippen LogP contribution in [0.5, 0.6) is 0 Å². The molecule has 1 radical (unpaired) electrons. The van der Waals surface area contributed by atoms with Gasteiger partial charge in [0.05, 0.1) is 12.2 Å². The number of hydrogen-bond acceptors (Lipinski definition) is 1. The van der Waals surface area contributed by atoms with E-state index in [-0.39, 0.29) is 12.2 Å². The Kier molecular flexibility index (Phi) is 3.91. The SMILES string of the molecule is CC(C)C(C)(C)OCC[O]. The van der Waals surface area contributed by atoms with Gasteiger partial charge in [0.2, 0.25) is 0 Å². The minimum absolute atomic E-state index is 0.143. The molecule has 0 aliphatic heterocycles. The van der Waals surface area contributed by atoms with Gasteiger partial charge in [0.15, 0.2) is 0 Å². The fraction of sp³-hybridized carbons (Fsp3) is 1.00. The van der Waals surface area contributed by atoms with Crippen molar-refractivity contribution < 1.29 is 9.84 Å². The summed E-state index contributed by atoms with van der Waals surface area (Å²) in [5.74, 6) is 0.457. The first-order chi connectivity index (χ1) is 4.50. The summed E-state index contributed by atoms with van der Waals surface area (Å²) < 4.78 is 5.33. The number of ether oxygens (including phenoxy) is 1. The van der Waals surface area contributed by atoms with Gasteiger partial charge in [-0.2, -0.15) is 0 Å². The second-order valence-electron chi connectivity index (χ2n) is 3.31. The molecular weight excluding hydrogens is 128 g/mol. The van der Waals surface area contributed by atoms with Gasteiger partial charge in [-0.25, -0.2) is 5.11 Å². The summed E-state index contributed by atoms with van der Waals surface area (Å²) in [7, 11) is 0. The lowest BCUT2D eigenvalue weighted by Crippen LogP contribution is -2.31. The Bertz CT molecular complexity index is 87.3. The second-order valence-corrected chi connectivity index (χ2v) is 3.31. The maximum Gasteiger partial charge on any atom is 0.106 e. The normalized spacial score (nSPS) is 12.6. The molecule has 0 heterocycles. The van der Waals surface area contributed by atoms with Gasteiger partial charge in [0.25, 0.3) is 0 Å². The standard InChI is InChI=1S/C8H17O2/c1-7(2)8(3,4)10-6-5-9/h7H,5-6H2,1-4H3. The first-order valence-corrected chi connectivity index (χ1v) is 3.72. The summed E-state index contributed by atoms with van der Waals surface area (Å²) >= 11 is 0. The fourth-order valence-corrected chi connectivity index (χ4v) is 0.471. The molecule has 0 atom stereocenters. The molecule has 0 aliphatic rings. The van der Waals surface area contributed by atoms with Crippen LogP contribution in [0.25, 0.3) is 0 Å². The zero-order chi connectivity index (χ0) is 8.20. The van der Waals surface area contributed by atoms with E-state index in [2.05, 4.69) is 13.8 Å². The van der Waals surface area contributed by atoms with Crippen LogP contribution >= 0.6 is 0 Å². The summed E-state index contributed by atoms with van der Waals surface area (Å²) in [5.41, 5.74) is -0.148. The molecule has 0 aliphatic carbocycles. The van der Waals surface area contributed by atoms with Crippen molar-refractivity contribution in [3.63, 3.8) is 0 Å². The smallest absolute Gasteiger partial charge is 0.106 e. The van der Waals surface area contributed by atoms with Gasteiger partial charge in [-0.3, -0.25) is 0 Å². The van der Waals surface area contributed by atoms with Gasteiger partial charge in [-0.1, -0.05) is 13.8 Å². The zero-order valence-electron chi connectivity index (χ0n) is 7.31. The average Bonchev–Trinajstić information content (AvgIpc) is 1.84. The van der Waals surface area contributed by atoms with Crippen molar-refractivity contribution in [3.05, 3.63) is 0 Å². The third-order valence-corrected chi connectivity index (χ3v) is 1.95. The van der Waals surface area contributed by atoms with Crippen molar-refractivity contribution in [3.8, 4) is 0 Å². The molecule has 0 N–H and O–H groups in total. The Balaban J connectivity index is 3.63. The van der Waals surface area contributed by atoms with E-state index in [0.29, 0.717) is 12.5 Å². The number of hydrogen-bond donors (Lipinski definition) is 0. The summed E-state index contributed by atoms with van der Waals surface area (Å²) in [5, 5.41) is 10.1. The molecule has 0 unspecified atom stereocenters. The Morgan fingerprint density at radius 2 is 1.90 bits per heavy atom. The lowest BCUT2D eigenvalue weighted by Gasteiger charge is -2.28. The van der Waals surface area contributed by atoms with Crippen molar-refractivity contribution in [1.29, 1.82) is 0 Å². The molecule has 61 valence electrons. The molecule has 0 fully saturated rings. The van der Waals surface area contributed by atoms with Crippen molar-refractivity contribution in [2.75, 3.05) is 13.2 Å². The topological polar surface area (TPSA) is 29.1 Å².